The van der Waals surface area contributed by atoms with Gasteiger partial charge in [-0.2, -0.15) is 5.10 Å². The molecule has 0 amide bonds. The summed E-state index contributed by atoms with van der Waals surface area (Å²) in [6.07, 6.45) is 2.08. The number of rotatable bonds is 4. The molecule has 3 rings (SSSR count). The van der Waals surface area contributed by atoms with Crippen LogP contribution < -0.4 is 5.32 Å². The summed E-state index contributed by atoms with van der Waals surface area (Å²) in [4.78, 5) is 0. The summed E-state index contributed by atoms with van der Waals surface area (Å²) < 4.78 is 12.3. The van der Waals surface area contributed by atoms with E-state index in [1.165, 1.54) is 0 Å². The Morgan fingerprint density at radius 3 is 2.52 bits per heavy atom. The molecule has 1 aliphatic heterocycles. The van der Waals surface area contributed by atoms with E-state index >= 15 is 0 Å². The quantitative estimate of drug-likeness (QED) is 0.852. The van der Waals surface area contributed by atoms with Gasteiger partial charge in [0.05, 0.1) is 22.4 Å². The van der Waals surface area contributed by atoms with Crippen molar-refractivity contribution < 1.29 is 9.31 Å². The van der Waals surface area contributed by atoms with E-state index in [-0.39, 0.29) is 18.3 Å². The molecule has 0 spiro atoms. The molecule has 1 aromatic carbocycles. The minimum Gasteiger partial charge on any atom is -0.400 e. The highest BCUT2D eigenvalue weighted by atomic mass is 16.7. The number of fused-ring (bicyclic) bond motifs is 1. The van der Waals surface area contributed by atoms with Crippen LogP contribution in [0.2, 0.25) is 0 Å². The molecule has 0 atom stereocenters. The van der Waals surface area contributed by atoms with Crippen molar-refractivity contribution in [1.82, 2.24) is 15.5 Å². The fourth-order valence-electron chi connectivity index (χ4n) is 2.68. The van der Waals surface area contributed by atoms with Crippen molar-refractivity contribution >= 4 is 24.1 Å². The van der Waals surface area contributed by atoms with Crippen LogP contribution in [0.1, 0.15) is 33.4 Å². The van der Waals surface area contributed by atoms with Gasteiger partial charge in [0.2, 0.25) is 0 Å². The number of aromatic amines is 1. The number of hydrogen-bond acceptors (Lipinski definition) is 4. The van der Waals surface area contributed by atoms with E-state index in [1.807, 2.05) is 25.2 Å². The Balaban J connectivity index is 1.96. The zero-order chi connectivity index (χ0) is 16.7. The van der Waals surface area contributed by atoms with Crippen LogP contribution in [0.25, 0.3) is 17.0 Å². The highest BCUT2D eigenvalue weighted by molar-refractivity contribution is 6.56. The molecule has 2 heterocycles. The summed E-state index contributed by atoms with van der Waals surface area (Å²) in [7, 11) is 1.55. The van der Waals surface area contributed by atoms with Crippen molar-refractivity contribution in [1.29, 1.82) is 0 Å². The molecule has 5 nitrogen and oxygen atoms in total. The fourth-order valence-corrected chi connectivity index (χ4v) is 2.68. The van der Waals surface area contributed by atoms with Crippen molar-refractivity contribution in [2.75, 3.05) is 13.6 Å². The van der Waals surface area contributed by atoms with Gasteiger partial charge < -0.3 is 14.6 Å². The maximum atomic E-state index is 6.17. The molecule has 1 aliphatic rings. The number of H-pyrrole nitrogens is 1. The first-order chi connectivity index (χ1) is 10.8. The third kappa shape index (κ3) is 2.94. The van der Waals surface area contributed by atoms with Gasteiger partial charge in [0.1, 0.15) is 0 Å². The maximum Gasteiger partial charge on any atom is 0.491 e. The van der Waals surface area contributed by atoms with Crippen molar-refractivity contribution in [2.24, 2.45) is 0 Å². The average Bonchev–Trinajstić information content (AvgIpc) is 2.97. The number of nitrogens with one attached hydrogen (secondary N) is 2. The van der Waals surface area contributed by atoms with Crippen molar-refractivity contribution in [3.63, 3.8) is 0 Å². The molecular weight excluding hydrogens is 289 g/mol. The zero-order valence-corrected chi connectivity index (χ0v) is 14.4. The van der Waals surface area contributed by atoms with Crippen LogP contribution in [0.3, 0.4) is 0 Å². The molecule has 0 unspecified atom stereocenters. The van der Waals surface area contributed by atoms with Gasteiger partial charge in [0.15, 0.2) is 0 Å². The molecule has 122 valence electrons. The summed E-state index contributed by atoms with van der Waals surface area (Å²) in [5, 5.41) is 11.7. The second-order valence-electron chi connectivity index (χ2n) is 6.99. The van der Waals surface area contributed by atoms with Crippen molar-refractivity contribution in [3.8, 4) is 0 Å². The lowest BCUT2D eigenvalue weighted by Crippen LogP contribution is -2.41. The van der Waals surface area contributed by atoms with Gasteiger partial charge in [-0.25, -0.2) is 0 Å². The monoisotopic (exact) mass is 313 g/mol. The van der Waals surface area contributed by atoms with Gasteiger partial charge in [0, 0.05) is 11.9 Å². The first-order valence-electron chi connectivity index (χ1n) is 7.98. The van der Waals surface area contributed by atoms with Gasteiger partial charge >= 0.3 is 7.12 Å². The lowest BCUT2D eigenvalue weighted by Gasteiger charge is -2.32. The van der Waals surface area contributed by atoms with Crippen LogP contribution in [0.4, 0.5) is 0 Å². The van der Waals surface area contributed by atoms with Crippen LogP contribution >= 0.6 is 0 Å². The standard InChI is InChI=1S/C17H24BN3O2/c1-16(2)17(3,4)23-18(22-16)12(11-19-5)10-15-13-8-6-7-9-14(13)20-21-15/h6-10,19H,11H2,1-5H3,(H,20,21). The first-order valence-corrected chi connectivity index (χ1v) is 7.98. The number of benzene rings is 1. The number of para-hydroxylation sites is 1. The normalized spacial score (nSPS) is 20.4. The van der Waals surface area contributed by atoms with Crippen LogP contribution in [-0.4, -0.2) is 42.1 Å². The molecule has 0 saturated carbocycles. The van der Waals surface area contributed by atoms with E-state index in [4.69, 9.17) is 9.31 Å². The molecule has 0 radical (unpaired) electrons. The smallest absolute Gasteiger partial charge is 0.400 e. The third-order valence-corrected chi connectivity index (χ3v) is 4.76. The van der Waals surface area contributed by atoms with Crippen molar-refractivity contribution in [3.05, 3.63) is 35.4 Å². The van der Waals surface area contributed by atoms with Crippen molar-refractivity contribution in [2.45, 2.75) is 38.9 Å². The molecule has 0 bridgehead atoms. The third-order valence-electron chi connectivity index (χ3n) is 4.76. The Hall–Kier alpha value is -1.63. The zero-order valence-electron chi connectivity index (χ0n) is 14.4. The Morgan fingerprint density at radius 1 is 1.22 bits per heavy atom. The molecule has 2 aromatic rings. The Bertz CT molecular complexity index is 720. The van der Waals surface area contributed by atoms with Crippen LogP contribution in [0.15, 0.2) is 29.7 Å². The predicted molar refractivity (Wildman–Crippen MR) is 94.1 cm³/mol. The lowest BCUT2D eigenvalue weighted by atomic mass is 9.77. The van der Waals surface area contributed by atoms with E-state index in [2.05, 4.69) is 55.4 Å². The van der Waals surface area contributed by atoms with Gasteiger partial charge in [-0.05, 0) is 52.4 Å². The molecule has 23 heavy (non-hydrogen) atoms. The average molecular weight is 313 g/mol. The van der Waals surface area contributed by atoms with Gasteiger partial charge in [-0.1, -0.05) is 18.2 Å². The Kier molecular flexibility index (Phi) is 4.08. The number of nitrogens with zero attached hydrogens (tertiary/aromatic N) is 1. The SMILES string of the molecule is CNCC(=Cc1[nH]nc2ccccc12)B1OC(C)(C)C(C)(C)O1. The largest absolute Gasteiger partial charge is 0.491 e. The van der Waals surface area contributed by atoms with Crippen LogP contribution in [0, 0.1) is 0 Å². The maximum absolute atomic E-state index is 6.17. The number of aromatic nitrogens is 2. The Labute approximate surface area is 137 Å². The highest BCUT2D eigenvalue weighted by Crippen LogP contribution is 2.38. The van der Waals surface area contributed by atoms with E-state index < -0.39 is 0 Å². The highest BCUT2D eigenvalue weighted by Gasteiger charge is 2.52. The summed E-state index contributed by atoms with van der Waals surface area (Å²) in [6.45, 7) is 8.94. The fraction of sp³-hybridized carbons (Fsp3) is 0.471. The predicted octanol–water partition coefficient (Wildman–Crippen LogP) is 2.80. The van der Waals surface area contributed by atoms with Gasteiger partial charge in [0.25, 0.3) is 0 Å². The molecule has 1 aromatic heterocycles. The lowest BCUT2D eigenvalue weighted by molar-refractivity contribution is 0.00578. The van der Waals surface area contributed by atoms with Gasteiger partial charge in [-0.3, -0.25) is 5.10 Å². The molecule has 2 N–H and O–H groups in total. The second-order valence-corrected chi connectivity index (χ2v) is 6.99. The first kappa shape index (κ1) is 16.2. The summed E-state index contributed by atoms with van der Waals surface area (Å²) >= 11 is 0. The topological polar surface area (TPSA) is 59.2 Å². The number of hydrogen-bond donors (Lipinski definition) is 2. The molecule has 1 fully saturated rings. The molecule has 0 aliphatic carbocycles. The molecule has 1 saturated heterocycles. The number of likely N-dealkylation sites (N-methyl/N-ethyl adjacent to an activating group) is 1. The summed E-state index contributed by atoms with van der Waals surface area (Å²) in [5.74, 6) is 0. The minimum atomic E-state index is -0.366. The van der Waals surface area contributed by atoms with Gasteiger partial charge in [-0.15, -0.1) is 0 Å². The summed E-state index contributed by atoms with van der Waals surface area (Å²) in [6, 6.07) is 8.06. The molecule has 6 heteroatoms. The Morgan fingerprint density at radius 2 is 1.87 bits per heavy atom. The van der Waals surface area contributed by atoms with E-state index in [0.29, 0.717) is 6.54 Å². The van der Waals surface area contributed by atoms with E-state index in [9.17, 15) is 0 Å². The van der Waals surface area contributed by atoms with E-state index in [0.717, 1.165) is 22.1 Å². The summed E-state index contributed by atoms with van der Waals surface area (Å²) in [5.41, 5.74) is 2.28. The van der Waals surface area contributed by atoms with Crippen LogP contribution in [0.5, 0.6) is 0 Å². The van der Waals surface area contributed by atoms with Crippen LogP contribution in [-0.2, 0) is 9.31 Å². The molecular formula is C17H24BN3O2. The van der Waals surface area contributed by atoms with E-state index in [1.54, 1.807) is 0 Å². The second kappa shape index (κ2) is 5.78. The minimum absolute atomic E-state index is 0.347.